The molecule has 0 aliphatic carbocycles. The van der Waals surface area contributed by atoms with Crippen molar-refractivity contribution in [1.82, 2.24) is 4.57 Å². The average molecular weight is 573 g/mol. The van der Waals surface area contributed by atoms with E-state index in [-0.39, 0.29) is 12.2 Å². The maximum atomic E-state index is 13.8. The molecule has 2 heterocycles. The van der Waals surface area contributed by atoms with Gasteiger partial charge in [0.1, 0.15) is 5.75 Å². The molecule has 8 nitrogen and oxygen atoms in total. The molecule has 0 saturated heterocycles. The highest BCUT2D eigenvalue weighted by molar-refractivity contribution is 9.10. The fraction of sp³-hybridized carbons (Fsp3) is 0.269. The van der Waals surface area contributed by atoms with Gasteiger partial charge in [-0.3, -0.25) is 9.36 Å². The van der Waals surface area contributed by atoms with E-state index in [9.17, 15) is 9.59 Å². The third-order valence-corrected chi connectivity index (χ3v) is 7.19. The van der Waals surface area contributed by atoms with Gasteiger partial charge in [0.2, 0.25) is 0 Å². The molecule has 1 aliphatic heterocycles. The quantitative estimate of drug-likeness (QED) is 0.402. The number of carbonyl (C=O) groups excluding carboxylic acids is 1. The van der Waals surface area contributed by atoms with Gasteiger partial charge in [-0.05, 0) is 55.8 Å². The lowest BCUT2D eigenvalue weighted by atomic mass is 9.95. The molecular formula is C26H25BrN2O6S. The van der Waals surface area contributed by atoms with E-state index in [0.29, 0.717) is 43.4 Å². The summed E-state index contributed by atoms with van der Waals surface area (Å²) in [4.78, 5) is 32.0. The Labute approximate surface area is 220 Å². The third-order valence-electron chi connectivity index (χ3n) is 5.72. The fourth-order valence-corrected chi connectivity index (χ4v) is 5.51. The minimum atomic E-state index is -0.758. The molecule has 1 aromatic heterocycles. The van der Waals surface area contributed by atoms with E-state index in [4.69, 9.17) is 18.9 Å². The van der Waals surface area contributed by atoms with Crippen molar-refractivity contribution < 1.29 is 23.7 Å². The number of thiazole rings is 1. The average Bonchev–Trinajstić information content (AvgIpc) is 3.17. The van der Waals surface area contributed by atoms with Crippen molar-refractivity contribution in [3.63, 3.8) is 0 Å². The van der Waals surface area contributed by atoms with Gasteiger partial charge in [0, 0.05) is 10.0 Å². The van der Waals surface area contributed by atoms with E-state index < -0.39 is 12.0 Å². The standard InChI is InChI=1S/C26H25BrN2O6S/c1-6-35-25(31)22-14(2)28-26-29(23(22)15-7-9-19(33-4)20(12-15)34-5)24(30)21(36-26)13-16-11-17(27)8-10-18(16)32-3/h7-13,23H,6H2,1-5H3/b21-13-/t23-/m0/s1. The van der Waals surface area contributed by atoms with Crippen molar-refractivity contribution in [2.24, 2.45) is 4.99 Å². The molecule has 3 aromatic rings. The van der Waals surface area contributed by atoms with Gasteiger partial charge < -0.3 is 18.9 Å². The molecule has 188 valence electrons. The topological polar surface area (TPSA) is 88.4 Å². The fourth-order valence-electron chi connectivity index (χ4n) is 4.09. The molecule has 10 heteroatoms. The Bertz CT molecular complexity index is 1540. The highest BCUT2D eigenvalue weighted by Gasteiger charge is 2.34. The molecule has 0 N–H and O–H groups in total. The summed E-state index contributed by atoms with van der Waals surface area (Å²) < 4.78 is 24.5. The normalized spacial score (nSPS) is 15.3. The van der Waals surface area contributed by atoms with E-state index in [1.807, 2.05) is 18.2 Å². The highest BCUT2D eigenvalue weighted by Crippen LogP contribution is 2.36. The Kier molecular flexibility index (Phi) is 7.65. The number of methoxy groups -OCH3 is 3. The van der Waals surface area contributed by atoms with Crippen LogP contribution in [-0.2, 0) is 9.53 Å². The molecule has 0 fully saturated rings. The Hall–Kier alpha value is -3.37. The van der Waals surface area contributed by atoms with Gasteiger partial charge in [-0.25, -0.2) is 9.79 Å². The first-order valence-corrected chi connectivity index (χ1v) is 12.7. The number of hydrogen-bond acceptors (Lipinski definition) is 8. The molecule has 36 heavy (non-hydrogen) atoms. The number of allylic oxidation sites excluding steroid dienone is 1. The lowest BCUT2D eigenvalue weighted by Gasteiger charge is -2.25. The van der Waals surface area contributed by atoms with E-state index in [1.54, 1.807) is 52.3 Å². The van der Waals surface area contributed by atoms with E-state index >= 15 is 0 Å². The lowest BCUT2D eigenvalue weighted by Crippen LogP contribution is -2.40. The molecule has 1 atom stereocenters. The number of ether oxygens (including phenoxy) is 4. The van der Waals surface area contributed by atoms with Gasteiger partial charge in [-0.15, -0.1) is 0 Å². The van der Waals surface area contributed by atoms with Crippen LogP contribution in [0.15, 0.2) is 61.9 Å². The van der Waals surface area contributed by atoms with E-state index in [0.717, 1.165) is 10.0 Å². The Balaban J connectivity index is 1.99. The lowest BCUT2D eigenvalue weighted by molar-refractivity contribution is -0.139. The van der Waals surface area contributed by atoms with Crippen LogP contribution in [0.1, 0.15) is 31.0 Å². The van der Waals surface area contributed by atoms with Gasteiger partial charge in [0.25, 0.3) is 5.56 Å². The van der Waals surface area contributed by atoms with Crippen molar-refractivity contribution in [1.29, 1.82) is 0 Å². The van der Waals surface area contributed by atoms with Crippen LogP contribution in [0.5, 0.6) is 17.2 Å². The molecule has 0 spiro atoms. The van der Waals surface area contributed by atoms with Gasteiger partial charge in [-0.2, -0.15) is 0 Å². The van der Waals surface area contributed by atoms with Crippen molar-refractivity contribution >= 4 is 39.3 Å². The second-order valence-electron chi connectivity index (χ2n) is 7.80. The number of hydrogen-bond donors (Lipinski definition) is 0. The zero-order valence-electron chi connectivity index (χ0n) is 20.5. The number of aromatic nitrogens is 1. The largest absolute Gasteiger partial charge is 0.496 e. The van der Waals surface area contributed by atoms with Crippen LogP contribution in [0.4, 0.5) is 0 Å². The minimum Gasteiger partial charge on any atom is -0.496 e. The monoisotopic (exact) mass is 572 g/mol. The molecule has 0 radical (unpaired) electrons. The van der Waals surface area contributed by atoms with Crippen molar-refractivity contribution in [3.8, 4) is 17.2 Å². The second kappa shape index (κ2) is 10.7. The molecule has 4 rings (SSSR count). The third kappa shape index (κ3) is 4.70. The number of nitrogens with zero attached hydrogens (tertiary/aromatic N) is 2. The number of carbonyl (C=O) groups is 1. The molecule has 2 aromatic carbocycles. The molecular weight excluding hydrogens is 548 g/mol. The summed E-state index contributed by atoms with van der Waals surface area (Å²) in [5.74, 6) is 1.12. The number of fused-ring (bicyclic) bond motifs is 1. The zero-order valence-corrected chi connectivity index (χ0v) is 22.9. The molecule has 0 saturated carbocycles. The Morgan fingerprint density at radius 2 is 1.78 bits per heavy atom. The van der Waals surface area contributed by atoms with Crippen molar-refractivity contribution in [2.45, 2.75) is 19.9 Å². The summed E-state index contributed by atoms with van der Waals surface area (Å²) in [7, 11) is 4.66. The molecule has 0 bridgehead atoms. The minimum absolute atomic E-state index is 0.196. The van der Waals surface area contributed by atoms with Crippen LogP contribution < -0.4 is 29.1 Å². The smallest absolute Gasteiger partial charge is 0.338 e. The van der Waals surface area contributed by atoms with Crippen molar-refractivity contribution in [2.75, 3.05) is 27.9 Å². The van der Waals surface area contributed by atoms with E-state index in [1.165, 1.54) is 23.0 Å². The predicted molar refractivity (Wildman–Crippen MR) is 141 cm³/mol. The molecule has 0 unspecified atom stereocenters. The van der Waals surface area contributed by atoms with Gasteiger partial charge in [0.15, 0.2) is 16.3 Å². The maximum absolute atomic E-state index is 13.8. The number of halogens is 1. The maximum Gasteiger partial charge on any atom is 0.338 e. The van der Waals surface area contributed by atoms with Crippen LogP contribution in [-0.4, -0.2) is 38.5 Å². The highest BCUT2D eigenvalue weighted by atomic mass is 79.9. The first kappa shape index (κ1) is 25.7. The summed E-state index contributed by atoms with van der Waals surface area (Å²) in [6, 6.07) is 10.1. The molecule has 0 amide bonds. The van der Waals surface area contributed by atoms with Crippen LogP contribution >= 0.6 is 27.3 Å². The van der Waals surface area contributed by atoms with Crippen LogP contribution in [0, 0.1) is 0 Å². The first-order chi connectivity index (χ1) is 17.3. The summed E-state index contributed by atoms with van der Waals surface area (Å²) in [6.07, 6.45) is 1.77. The Morgan fingerprint density at radius 3 is 2.44 bits per heavy atom. The number of rotatable bonds is 7. The van der Waals surface area contributed by atoms with Crippen LogP contribution in [0.2, 0.25) is 0 Å². The summed E-state index contributed by atoms with van der Waals surface area (Å²) >= 11 is 4.72. The SMILES string of the molecule is CCOC(=O)C1=C(C)N=c2s/c(=C\c3cc(Br)ccc3OC)c(=O)n2[C@H]1c1ccc(OC)c(OC)c1. The zero-order chi connectivity index (χ0) is 26.0. The van der Waals surface area contributed by atoms with Crippen molar-refractivity contribution in [3.05, 3.63) is 83.0 Å². The van der Waals surface area contributed by atoms with Crippen LogP contribution in [0.25, 0.3) is 6.08 Å². The molecule has 1 aliphatic rings. The first-order valence-electron chi connectivity index (χ1n) is 11.1. The number of benzene rings is 2. The summed E-state index contributed by atoms with van der Waals surface area (Å²) in [5.41, 5.74) is 1.90. The second-order valence-corrected chi connectivity index (χ2v) is 9.73. The van der Waals surface area contributed by atoms with E-state index in [2.05, 4.69) is 20.9 Å². The van der Waals surface area contributed by atoms with Gasteiger partial charge in [-0.1, -0.05) is 33.3 Å². The van der Waals surface area contributed by atoms with Gasteiger partial charge >= 0.3 is 5.97 Å². The van der Waals surface area contributed by atoms with Crippen LogP contribution in [0.3, 0.4) is 0 Å². The predicted octanol–water partition coefficient (Wildman–Crippen LogP) is 3.59. The number of esters is 1. The van der Waals surface area contributed by atoms with Gasteiger partial charge in [0.05, 0.1) is 49.8 Å². The summed E-state index contributed by atoms with van der Waals surface area (Å²) in [6.45, 7) is 3.68. The Morgan fingerprint density at radius 1 is 1.08 bits per heavy atom. The summed E-state index contributed by atoms with van der Waals surface area (Å²) in [5, 5.41) is 0.